The summed E-state index contributed by atoms with van der Waals surface area (Å²) < 4.78 is 10.9. The van der Waals surface area contributed by atoms with Gasteiger partial charge in [-0.3, -0.25) is 4.98 Å². The molecule has 0 bridgehead atoms. The highest BCUT2D eigenvalue weighted by Crippen LogP contribution is 2.27. The fourth-order valence-corrected chi connectivity index (χ4v) is 2.75. The third-order valence-corrected chi connectivity index (χ3v) is 3.81. The van der Waals surface area contributed by atoms with Crippen LogP contribution in [0, 0.1) is 6.92 Å². The van der Waals surface area contributed by atoms with Crippen LogP contribution < -0.4 is 10.5 Å². The van der Waals surface area contributed by atoms with Gasteiger partial charge in [0.1, 0.15) is 11.3 Å². The van der Waals surface area contributed by atoms with Crippen LogP contribution >= 0.6 is 11.8 Å². The first-order valence-electron chi connectivity index (χ1n) is 6.44. The van der Waals surface area contributed by atoms with Crippen LogP contribution in [0.1, 0.15) is 11.4 Å². The van der Waals surface area contributed by atoms with Crippen LogP contribution in [0.25, 0.3) is 11.1 Å². The lowest BCUT2D eigenvalue weighted by atomic mass is 10.3. The minimum Gasteiger partial charge on any atom is -0.497 e. The number of benzene rings is 1. The standard InChI is InChI=1S/C15H15N3O2S/c1-9-5-12(19-2)7-11(17-9)8-21-15-18-13-6-10(16)3-4-14(13)20-15/h3-7H,8,16H2,1-2H3. The van der Waals surface area contributed by atoms with E-state index < -0.39 is 0 Å². The van der Waals surface area contributed by atoms with Crippen LogP contribution in [-0.4, -0.2) is 17.1 Å². The number of nitrogen functional groups attached to an aromatic ring is 1. The summed E-state index contributed by atoms with van der Waals surface area (Å²) in [6, 6.07) is 9.25. The molecule has 0 unspecified atom stereocenters. The Bertz CT molecular complexity index is 786. The number of nitrogens with zero attached hydrogens (tertiary/aromatic N) is 2. The molecule has 1 aromatic carbocycles. The molecule has 2 aromatic heterocycles. The van der Waals surface area contributed by atoms with E-state index in [9.17, 15) is 0 Å². The summed E-state index contributed by atoms with van der Waals surface area (Å²) >= 11 is 1.50. The van der Waals surface area contributed by atoms with Gasteiger partial charge in [0.05, 0.1) is 12.8 Å². The first-order chi connectivity index (χ1) is 10.1. The van der Waals surface area contributed by atoms with Crippen LogP contribution in [0.3, 0.4) is 0 Å². The molecule has 108 valence electrons. The molecule has 0 aliphatic rings. The van der Waals surface area contributed by atoms with Crippen LogP contribution in [0.5, 0.6) is 5.75 Å². The maximum atomic E-state index is 5.73. The summed E-state index contributed by atoms with van der Waals surface area (Å²) in [6.07, 6.45) is 0. The Balaban J connectivity index is 1.78. The average Bonchev–Trinajstić information content (AvgIpc) is 2.86. The summed E-state index contributed by atoms with van der Waals surface area (Å²) in [7, 11) is 1.65. The molecule has 3 aromatic rings. The summed E-state index contributed by atoms with van der Waals surface area (Å²) in [6.45, 7) is 1.94. The minimum atomic E-state index is 0.609. The van der Waals surface area contributed by atoms with E-state index in [4.69, 9.17) is 14.9 Å². The first kappa shape index (κ1) is 13.8. The third-order valence-electron chi connectivity index (χ3n) is 2.95. The molecule has 0 aliphatic heterocycles. The van der Waals surface area contributed by atoms with E-state index in [1.807, 2.05) is 25.1 Å². The highest BCUT2D eigenvalue weighted by atomic mass is 32.2. The number of nitrogens with two attached hydrogens (primary N) is 1. The summed E-state index contributed by atoms with van der Waals surface area (Å²) in [5.41, 5.74) is 9.78. The zero-order valence-corrected chi connectivity index (χ0v) is 12.6. The van der Waals surface area contributed by atoms with Gasteiger partial charge in [0.25, 0.3) is 5.22 Å². The Kier molecular flexibility index (Phi) is 3.70. The van der Waals surface area contributed by atoms with Gasteiger partial charge in [-0.15, -0.1) is 0 Å². The SMILES string of the molecule is COc1cc(C)nc(CSc2nc3cc(N)ccc3o2)c1. The molecule has 0 amide bonds. The number of hydrogen-bond acceptors (Lipinski definition) is 6. The Morgan fingerprint density at radius 2 is 2.10 bits per heavy atom. The van der Waals surface area contributed by atoms with Gasteiger partial charge in [0, 0.05) is 29.3 Å². The monoisotopic (exact) mass is 301 g/mol. The molecule has 0 atom stereocenters. The number of aryl methyl sites for hydroxylation is 1. The summed E-state index contributed by atoms with van der Waals surface area (Å²) in [5, 5.41) is 0.609. The highest BCUT2D eigenvalue weighted by molar-refractivity contribution is 7.98. The molecule has 0 spiro atoms. The van der Waals surface area contributed by atoms with Crippen molar-refractivity contribution in [3.8, 4) is 5.75 Å². The van der Waals surface area contributed by atoms with Crippen LogP contribution in [0.15, 0.2) is 40.0 Å². The van der Waals surface area contributed by atoms with E-state index in [-0.39, 0.29) is 0 Å². The normalized spacial score (nSPS) is 11.0. The van der Waals surface area contributed by atoms with Crippen molar-refractivity contribution in [3.63, 3.8) is 0 Å². The Labute approximate surface area is 126 Å². The number of hydrogen-bond donors (Lipinski definition) is 1. The maximum absolute atomic E-state index is 5.73. The number of oxazole rings is 1. The van der Waals surface area contributed by atoms with Gasteiger partial charge < -0.3 is 14.9 Å². The van der Waals surface area contributed by atoms with Gasteiger partial charge in [-0.2, -0.15) is 0 Å². The number of anilines is 1. The third kappa shape index (κ3) is 3.11. The van der Waals surface area contributed by atoms with E-state index in [0.717, 1.165) is 28.2 Å². The van der Waals surface area contributed by atoms with E-state index in [1.54, 1.807) is 19.2 Å². The molecule has 6 heteroatoms. The molecule has 2 N–H and O–H groups in total. The summed E-state index contributed by atoms with van der Waals surface area (Å²) in [4.78, 5) is 8.89. The molecule has 2 heterocycles. The number of fused-ring (bicyclic) bond motifs is 1. The van der Waals surface area contributed by atoms with Crippen LogP contribution in [-0.2, 0) is 5.75 Å². The van der Waals surface area contributed by atoms with E-state index in [0.29, 0.717) is 16.7 Å². The van der Waals surface area contributed by atoms with Crippen molar-refractivity contribution in [1.29, 1.82) is 0 Å². The molecule has 5 nitrogen and oxygen atoms in total. The van der Waals surface area contributed by atoms with Crippen molar-refractivity contribution in [1.82, 2.24) is 9.97 Å². The van der Waals surface area contributed by atoms with Crippen molar-refractivity contribution in [2.24, 2.45) is 0 Å². The zero-order chi connectivity index (χ0) is 14.8. The average molecular weight is 301 g/mol. The second-order valence-corrected chi connectivity index (χ2v) is 5.56. The quantitative estimate of drug-likeness (QED) is 0.588. The van der Waals surface area contributed by atoms with Crippen molar-refractivity contribution in [3.05, 3.63) is 41.7 Å². The number of aromatic nitrogens is 2. The predicted octanol–water partition coefficient (Wildman–Crippen LogP) is 3.41. The Morgan fingerprint density at radius 3 is 2.90 bits per heavy atom. The number of thioether (sulfide) groups is 1. The summed E-state index contributed by atoms with van der Waals surface area (Å²) in [5.74, 6) is 1.48. The van der Waals surface area contributed by atoms with Crippen LogP contribution in [0.4, 0.5) is 5.69 Å². The Morgan fingerprint density at radius 1 is 1.24 bits per heavy atom. The highest BCUT2D eigenvalue weighted by Gasteiger charge is 2.08. The van der Waals surface area contributed by atoms with Crippen molar-refractivity contribution in [2.45, 2.75) is 17.9 Å². The van der Waals surface area contributed by atoms with Gasteiger partial charge in [-0.25, -0.2) is 4.98 Å². The molecule has 0 radical (unpaired) electrons. The fourth-order valence-electron chi connectivity index (χ4n) is 2.02. The van der Waals surface area contributed by atoms with Gasteiger partial charge in [0.2, 0.25) is 0 Å². The second kappa shape index (κ2) is 5.65. The van der Waals surface area contributed by atoms with Gasteiger partial charge >= 0.3 is 0 Å². The van der Waals surface area contributed by atoms with Crippen molar-refractivity contribution < 1.29 is 9.15 Å². The number of methoxy groups -OCH3 is 1. The van der Waals surface area contributed by atoms with Crippen molar-refractivity contribution in [2.75, 3.05) is 12.8 Å². The lowest BCUT2D eigenvalue weighted by Gasteiger charge is -2.04. The molecule has 0 saturated carbocycles. The maximum Gasteiger partial charge on any atom is 0.257 e. The minimum absolute atomic E-state index is 0.609. The molecule has 0 saturated heterocycles. The van der Waals surface area contributed by atoms with E-state index in [2.05, 4.69) is 9.97 Å². The fraction of sp³-hybridized carbons (Fsp3) is 0.200. The number of pyridine rings is 1. The predicted molar refractivity (Wildman–Crippen MR) is 83.5 cm³/mol. The second-order valence-electron chi connectivity index (χ2n) is 4.64. The Hall–Kier alpha value is -2.21. The van der Waals surface area contributed by atoms with E-state index >= 15 is 0 Å². The topological polar surface area (TPSA) is 74.2 Å². The molecule has 0 fully saturated rings. The molecular weight excluding hydrogens is 286 g/mol. The van der Waals surface area contributed by atoms with Crippen molar-refractivity contribution >= 4 is 28.5 Å². The lowest BCUT2D eigenvalue weighted by molar-refractivity contribution is 0.413. The van der Waals surface area contributed by atoms with E-state index in [1.165, 1.54) is 11.8 Å². The largest absolute Gasteiger partial charge is 0.497 e. The van der Waals surface area contributed by atoms with Crippen LogP contribution in [0.2, 0.25) is 0 Å². The number of rotatable bonds is 4. The first-order valence-corrected chi connectivity index (χ1v) is 7.43. The van der Waals surface area contributed by atoms with Gasteiger partial charge in [-0.1, -0.05) is 11.8 Å². The lowest BCUT2D eigenvalue weighted by Crippen LogP contribution is -1.93. The number of ether oxygens (including phenoxy) is 1. The van der Waals surface area contributed by atoms with Gasteiger partial charge in [-0.05, 0) is 25.1 Å². The molecular formula is C15H15N3O2S. The molecule has 0 aliphatic carbocycles. The smallest absolute Gasteiger partial charge is 0.257 e. The molecule has 21 heavy (non-hydrogen) atoms. The molecule has 3 rings (SSSR count). The van der Waals surface area contributed by atoms with Gasteiger partial charge in [0.15, 0.2) is 5.58 Å². The zero-order valence-electron chi connectivity index (χ0n) is 11.8.